The first-order chi connectivity index (χ1) is 9.28. The number of rotatable bonds is 3. The van der Waals surface area contributed by atoms with Crippen molar-refractivity contribution < 1.29 is 14.3 Å². The molecular weight excluding hydrogens is 259 g/mol. The molecule has 1 atom stereocenters. The van der Waals surface area contributed by atoms with Crippen LogP contribution in [-0.2, 0) is 0 Å². The molecule has 0 aliphatic heterocycles. The largest absolute Gasteiger partial charge is 0.478 e. The highest BCUT2D eigenvalue weighted by molar-refractivity contribution is 5.94. The molecule has 0 spiro atoms. The van der Waals surface area contributed by atoms with Gasteiger partial charge in [-0.25, -0.2) is 9.18 Å². The highest BCUT2D eigenvalue weighted by Crippen LogP contribution is 2.37. The lowest BCUT2D eigenvalue weighted by atomic mass is 9.75. The maximum Gasteiger partial charge on any atom is 0.337 e. The minimum Gasteiger partial charge on any atom is -0.478 e. The summed E-state index contributed by atoms with van der Waals surface area (Å²) in [5, 5.41) is 12.2. The van der Waals surface area contributed by atoms with E-state index in [9.17, 15) is 9.18 Å². The van der Waals surface area contributed by atoms with Gasteiger partial charge in [-0.3, -0.25) is 0 Å². The second-order valence-electron chi connectivity index (χ2n) is 6.33. The van der Waals surface area contributed by atoms with Crippen molar-refractivity contribution in [2.75, 3.05) is 11.1 Å². The standard InChI is InChI=1S/C15H21FN2O2/c1-15(2)5-3-4-9(8-15)18-13-6-10(14(19)20)12(17)7-11(13)16/h6-7,9,18H,3-5,8,17H2,1-2H3,(H,19,20). The van der Waals surface area contributed by atoms with Gasteiger partial charge in [0.05, 0.1) is 11.3 Å². The molecule has 5 heteroatoms. The van der Waals surface area contributed by atoms with Gasteiger partial charge < -0.3 is 16.2 Å². The second-order valence-corrected chi connectivity index (χ2v) is 6.33. The maximum atomic E-state index is 13.9. The summed E-state index contributed by atoms with van der Waals surface area (Å²) < 4.78 is 13.9. The van der Waals surface area contributed by atoms with E-state index in [1.54, 1.807) is 0 Å². The van der Waals surface area contributed by atoms with E-state index in [-0.39, 0.29) is 28.4 Å². The number of nitrogens with one attached hydrogen (secondary N) is 1. The van der Waals surface area contributed by atoms with Crippen LogP contribution in [0.1, 0.15) is 49.9 Å². The zero-order valence-corrected chi connectivity index (χ0v) is 11.9. The average Bonchev–Trinajstić information content (AvgIpc) is 2.31. The van der Waals surface area contributed by atoms with Crippen molar-refractivity contribution in [3.05, 3.63) is 23.5 Å². The number of nitrogen functional groups attached to an aromatic ring is 1. The molecule has 1 fully saturated rings. The van der Waals surface area contributed by atoms with Crippen LogP contribution < -0.4 is 11.1 Å². The maximum absolute atomic E-state index is 13.9. The molecule has 0 saturated heterocycles. The molecule has 20 heavy (non-hydrogen) atoms. The van der Waals surface area contributed by atoms with Crippen molar-refractivity contribution in [1.82, 2.24) is 0 Å². The summed E-state index contributed by atoms with van der Waals surface area (Å²) in [7, 11) is 0. The normalized spacial score (nSPS) is 21.4. The monoisotopic (exact) mass is 280 g/mol. The summed E-state index contributed by atoms with van der Waals surface area (Å²) in [5.41, 5.74) is 5.86. The Balaban J connectivity index is 2.21. The van der Waals surface area contributed by atoms with E-state index in [2.05, 4.69) is 19.2 Å². The number of hydrogen-bond donors (Lipinski definition) is 3. The lowest BCUT2D eigenvalue weighted by Gasteiger charge is -2.36. The molecule has 0 heterocycles. The zero-order chi connectivity index (χ0) is 14.9. The highest BCUT2D eigenvalue weighted by atomic mass is 19.1. The number of carboxylic acids is 1. The van der Waals surface area contributed by atoms with Crippen molar-refractivity contribution in [1.29, 1.82) is 0 Å². The predicted molar refractivity (Wildman–Crippen MR) is 77.4 cm³/mol. The Morgan fingerprint density at radius 2 is 2.20 bits per heavy atom. The number of halogens is 1. The van der Waals surface area contributed by atoms with Gasteiger partial charge in [0.2, 0.25) is 0 Å². The Kier molecular flexibility index (Phi) is 3.88. The lowest BCUT2D eigenvalue weighted by molar-refractivity contribution is 0.0698. The van der Waals surface area contributed by atoms with Crippen LogP contribution in [0.4, 0.5) is 15.8 Å². The van der Waals surface area contributed by atoms with Crippen molar-refractivity contribution in [3.63, 3.8) is 0 Å². The van der Waals surface area contributed by atoms with E-state index in [1.807, 2.05) is 0 Å². The minimum atomic E-state index is -1.14. The predicted octanol–water partition coefficient (Wildman–Crippen LogP) is 3.49. The Morgan fingerprint density at radius 3 is 2.80 bits per heavy atom. The third kappa shape index (κ3) is 3.21. The molecule has 1 aliphatic rings. The summed E-state index contributed by atoms with van der Waals surface area (Å²) in [6, 6.07) is 2.52. The first kappa shape index (κ1) is 14.6. The number of benzene rings is 1. The van der Waals surface area contributed by atoms with Gasteiger partial charge in [0.25, 0.3) is 0 Å². The van der Waals surface area contributed by atoms with E-state index in [4.69, 9.17) is 10.8 Å². The van der Waals surface area contributed by atoms with Gasteiger partial charge in [-0.15, -0.1) is 0 Å². The van der Waals surface area contributed by atoms with Crippen molar-refractivity contribution in [2.45, 2.75) is 45.6 Å². The van der Waals surface area contributed by atoms with Crippen molar-refractivity contribution in [2.24, 2.45) is 5.41 Å². The molecule has 4 nitrogen and oxygen atoms in total. The van der Waals surface area contributed by atoms with Gasteiger partial charge >= 0.3 is 5.97 Å². The van der Waals surface area contributed by atoms with E-state index in [1.165, 1.54) is 6.07 Å². The average molecular weight is 280 g/mol. The zero-order valence-electron chi connectivity index (χ0n) is 11.9. The number of hydrogen-bond acceptors (Lipinski definition) is 3. The van der Waals surface area contributed by atoms with Crippen LogP contribution in [0.3, 0.4) is 0 Å². The third-order valence-electron chi connectivity index (χ3n) is 3.93. The van der Waals surface area contributed by atoms with E-state index in [0.717, 1.165) is 31.7 Å². The molecule has 1 aliphatic carbocycles. The Hall–Kier alpha value is -1.78. The Bertz CT molecular complexity index is 529. The van der Waals surface area contributed by atoms with Crippen molar-refractivity contribution in [3.8, 4) is 0 Å². The Morgan fingerprint density at radius 1 is 1.50 bits per heavy atom. The van der Waals surface area contributed by atoms with Crippen molar-refractivity contribution >= 4 is 17.3 Å². The third-order valence-corrected chi connectivity index (χ3v) is 3.93. The number of aromatic carboxylic acids is 1. The van der Waals surface area contributed by atoms with Gasteiger partial charge in [-0.1, -0.05) is 20.3 Å². The first-order valence-electron chi connectivity index (χ1n) is 6.87. The van der Waals surface area contributed by atoms with Crippen LogP contribution in [0.15, 0.2) is 12.1 Å². The summed E-state index contributed by atoms with van der Waals surface area (Å²) in [6.07, 6.45) is 4.16. The molecule has 1 unspecified atom stereocenters. The molecule has 1 aromatic rings. The second kappa shape index (κ2) is 5.31. The van der Waals surface area contributed by atoms with Crippen LogP contribution in [0.5, 0.6) is 0 Å². The van der Waals surface area contributed by atoms with E-state index < -0.39 is 11.8 Å². The fraction of sp³-hybridized carbons (Fsp3) is 0.533. The molecule has 0 bridgehead atoms. The molecule has 110 valence electrons. The molecule has 2 rings (SSSR count). The fourth-order valence-corrected chi connectivity index (χ4v) is 2.93. The molecule has 0 aromatic heterocycles. The van der Waals surface area contributed by atoms with Gasteiger partial charge in [0.1, 0.15) is 5.82 Å². The van der Waals surface area contributed by atoms with E-state index in [0.29, 0.717) is 0 Å². The quantitative estimate of drug-likeness (QED) is 0.741. The SMILES string of the molecule is CC1(C)CCCC(Nc2cc(C(=O)O)c(N)cc2F)C1. The highest BCUT2D eigenvalue weighted by Gasteiger charge is 2.28. The van der Waals surface area contributed by atoms with Gasteiger partial charge in [0.15, 0.2) is 0 Å². The van der Waals surface area contributed by atoms with Crippen LogP contribution in [0.2, 0.25) is 0 Å². The molecular formula is C15H21FN2O2. The molecule has 0 amide bonds. The van der Waals surface area contributed by atoms with Gasteiger partial charge in [-0.05, 0) is 36.8 Å². The first-order valence-corrected chi connectivity index (χ1v) is 6.87. The van der Waals surface area contributed by atoms with Crippen LogP contribution in [-0.4, -0.2) is 17.1 Å². The van der Waals surface area contributed by atoms with Gasteiger partial charge in [0, 0.05) is 11.7 Å². The van der Waals surface area contributed by atoms with Crippen LogP contribution in [0.25, 0.3) is 0 Å². The number of carbonyl (C=O) groups is 1. The number of anilines is 2. The molecule has 4 N–H and O–H groups in total. The smallest absolute Gasteiger partial charge is 0.337 e. The Labute approximate surface area is 118 Å². The summed E-state index contributed by atoms with van der Waals surface area (Å²) in [6.45, 7) is 4.39. The number of nitrogens with two attached hydrogens (primary N) is 1. The van der Waals surface area contributed by atoms with Crippen LogP contribution >= 0.6 is 0 Å². The summed E-state index contributed by atoms with van der Waals surface area (Å²) in [4.78, 5) is 11.1. The van der Waals surface area contributed by atoms with Gasteiger partial charge in [-0.2, -0.15) is 0 Å². The minimum absolute atomic E-state index is 0.0514. The lowest BCUT2D eigenvalue weighted by Crippen LogP contribution is -2.32. The molecule has 1 saturated carbocycles. The van der Waals surface area contributed by atoms with E-state index >= 15 is 0 Å². The molecule has 0 radical (unpaired) electrons. The summed E-state index contributed by atoms with van der Waals surface area (Å²) in [5.74, 6) is -1.65. The van der Waals surface area contributed by atoms with Crippen LogP contribution in [0, 0.1) is 11.2 Å². The fourth-order valence-electron chi connectivity index (χ4n) is 2.93. The summed E-state index contributed by atoms with van der Waals surface area (Å²) >= 11 is 0. The number of carboxylic acid groups (broad SMARTS) is 1. The topological polar surface area (TPSA) is 75.3 Å². The molecule has 1 aromatic carbocycles.